The number of ether oxygens (including phenoxy) is 1. The molecular weight excluding hydrogens is 765 g/mol. The normalized spacial score (nSPS) is 15.1. The molecule has 0 fully saturated rings. The highest BCUT2D eigenvalue weighted by Gasteiger charge is 2.35. The molecule has 4 N–H and O–H groups in total. The molecule has 0 saturated heterocycles. The number of hydrogen-bond donors (Lipinski definition) is 3. The fourth-order valence-corrected chi connectivity index (χ4v) is 10.00. The third kappa shape index (κ3) is 6.25. The smallest absolute Gasteiger partial charge is 0.242 e. The molecule has 5 aromatic carbocycles. The number of aromatic hydroxyl groups is 1. The van der Waals surface area contributed by atoms with E-state index in [9.17, 15) is 23.1 Å². The Hall–Kier alpha value is -6.41. The van der Waals surface area contributed by atoms with Gasteiger partial charge >= 0.3 is 0 Å². The van der Waals surface area contributed by atoms with E-state index in [2.05, 4.69) is 29.8 Å². The third-order valence-electron chi connectivity index (χ3n) is 9.60. The van der Waals surface area contributed by atoms with Gasteiger partial charge in [-0.3, -0.25) is 14.3 Å². The molecule has 1 unspecified atom stereocenters. The number of nitrogen functional groups attached to an aromatic ring is 1. The van der Waals surface area contributed by atoms with Crippen LogP contribution in [0.2, 0.25) is 0 Å². The Morgan fingerprint density at radius 3 is 2.16 bits per heavy atom. The summed E-state index contributed by atoms with van der Waals surface area (Å²) >= 11 is 3.22. The minimum atomic E-state index is -3.95. The summed E-state index contributed by atoms with van der Waals surface area (Å²) in [6, 6.07) is 25.5. The maximum atomic E-state index is 13.5. The Labute approximate surface area is 329 Å². The zero-order chi connectivity index (χ0) is 38.9. The highest BCUT2D eigenvalue weighted by molar-refractivity contribution is 7.93. The Bertz CT molecular complexity index is 3030. The number of rotatable bonds is 7. The molecule has 9 rings (SSSR count). The lowest BCUT2D eigenvalue weighted by Crippen LogP contribution is -2.24. The van der Waals surface area contributed by atoms with E-state index in [1.54, 1.807) is 59.9 Å². The molecule has 2 aliphatic carbocycles. The summed E-state index contributed by atoms with van der Waals surface area (Å²) in [7, 11) is -3.95. The van der Waals surface area contributed by atoms with Crippen molar-refractivity contribution in [2.24, 2.45) is 0 Å². The molecule has 0 radical (unpaired) electrons. The Balaban J connectivity index is 0.890. The molecule has 0 spiro atoms. The van der Waals surface area contributed by atoms with Gasteiger partial charge in [0.25, 0.3) is 0 Å². The average Bonchev–Trinajstić information content (AvgIpc) is 3.72. The van der Waals surface area contributed by atoms with Gasteiger partial charge in [-0.15, -0.1) is 22.7 Å². The van der Waals surface area contributed by atoms with Crippen LogP contribution < -0.4 is 15.2 Å². The molecule has 1 atom stereocenters. The number of allylic oxidation sites excluding steroid dienone is 3. The summed E-state index contributed by atoms with van der Waals surface area (Å²) in [4.78, 5) is 36.4. The number of anilines is 2. The number of benzene rings is 5. The number of phenols is 1. The van der Waals surface area contributed by atoms with Crippen LogP contribution in [0.15, 0.2) is 121 Å². The predicted molar refractivity (Wildman–Crippen MR) is 222 cm³/mol. The molecule has 2 heterocycles. The van der Waals surface area contributed by atoms with Gasteiger partial charge in [-0.05, 0) is 92.2 Å². The number of sulfonamides is 1. The van der Waals surface area contributed by atoms with Gasteiger partial charge in [0.2, 0.25) is 10.0 Å². The van der Waals surface area contributed by atoms with E-state index in [0.717, 1.165) is 47.1 Å². The summed E-state index contributed by atoms with van der Waals surface area (Å²) in [5, 5.41) is 11.6. The summed E-state index contributed by atoms with van der Waals surface area (Å²) in [5.74, 6) is -1.33. The van der Waals surface area contributed by atoms with Crippen molar-refractivity contribution in [1.82, 2.24) is 9.97 Å². The molecule has 2 aliphatic rings. The molecule has 56 heavy (non-hydrogen) atoms. The molecule has 276 valence electrons. The van der Waals surface area contributed by atoms with Crippen LogP contribution in [0.4, 0.5) is 11.4 Å². The van der Waals surface area contributed by atoms with Gasteiger partial charge in [-0.1, -0.05) is 42.0 Å². The van der Waals surface area contributed by atoms with Crippen molar-refractivity contribution in [3.05, 3.63) is 154 Å². The van der Waals surface area contributed by atoms with E-state index in [-0.39, 0.29) is 39.4 Å². The molecule has 0 saturated carbocycles. The lowest BCUT2D eigenvalue weighted by Gasteiger charge is -2.22. The molecule has 7 aromatic rings. The van der Waals surface area contributed by atoms with E-state index < -0.39 is 32.6 Å². The van der Waals surface area contributed by atoms with Crippen LogP contribution in [0.25, 0.3) is 41.6 Å². The number of nitrogens with one attached hydrogen (secondary N) is 1. The quantitative estimate of drug-likeness (QED) is 0.106. The van der Waals surface area contributed by atoms with E-state index >= 15 is 0 Å². The van der Waals surface area contributed by atoms with E-state index in [1.165, 1.54) is 42.0 Å². The summed E-state index contributed by atoms with van der Waals surface area (Å²) in [6.45, 7) is 3.88. The predicted octanol–water partition coefficient (Wildman–Crippen LogP) is 9.12. The Morgan fingerprint density at radius 1 is 0.750 bits per heavy atom. The molecule has 2 aromatic heterocycles. The van der Waals surface area contributed by atoms with Crippen molar-refractivity contribution in [2.45, 2.75) is 19.1 Å². The van der Waals surface area contributed by atoms with Crippen LogP contribution in [0.3, 0.4) is 0 Å². The summed E-state index contributed by atoms with van der Waals surface area (Å²) in [5.41, 5.74) is 12.4. The van der Waals surface area contributed by atoms with Crippen molar-refractivity contribution < 1.29 is 27.9 Å². The first-order valence-corrected chi connectivity index (χ1v) is 20.6. The van der Waals surface area contributed by atoms with Gasteiger partial charge < -0.3 is 15.6 Å². The number of nitrogens with two attached hydrogens (primary N) is 1. The van der Waals surface area contributed by atoms with E-state index in [0.29, 0.717) is 5.69 Å². The number of carbonyl (C=O) groups excluding carboxylic acids is 2. The molecule has 13 heteroatoms. The van der Waals surface area contributed by atoms with Crippen LogP contribution in [-0.2, 0) is 10.0 Å². The SMILES string of the molecule is Cc1ccc2c(c1)C(=O)c1c(O)cc(OC3=CC=CC(S(=O)(=O)Nc4ccc(-c5nc6ccc(-c7nc8ccc(C)cc8s7)cc6s5)cc4)C=C3)c(N)c1C2=O. The van der Waals surface area contributed by atoms with Gasteiger partial charge in [0.05, 0.1) is 37.2 Å². The zero-order valence-electron chi connectivity index (χ0n) is 29.7. The highest BCUT2D eigenvalue weighted by Crippen LogP contribution is 2.42. The van der Waals surface area contributed by atoms with Gasteiger partial charge in [-0.25, -0.2) is 18.4 Å². The van der Waals surface area contributed by atoms with Crippen molar-refractivity contribution in [2.75, 3.05) is 10.5 Å². The topological polar surface area (TPSA) is 162 Å². The first kappa shape index (κ1) is 35.3. The average molecular weight is 795 g/mol. The number of hydrogen-bond acceptors (Lipinski definition) is 11. The number of aryl methyl sites for hydroxylation is 2. The summed E-state index contributed by atoms with van der Waals surface area (Å²) in [6.07, 6.45) is 7.45. The fraction of sp³-hybridized carbons (Fsp3) is 0.0698. The number of ketones is 2. The van der Waals surface area contributed by atoms with Crippen molar-refractivity contribution >= 4 is 76.1 Å². The minimum absolute atomic E-state index is 0.0568. The minimum Gasteiger partial charge on any atom is -0.507 e. The Kier molecular flexibility index (Phi) is 8.45. The van der Waals surface area contributed by atoms with Crippen LogP contribution >= 0.6 is 22.7 Å². The number of fused-ring (bicyclic) bond motifs is 4. The van der Waals surface area contributed by atoms with Crippen LogP contribution in [0, 0.1) is 13.8 Å². The van der Waals surface area contributed by atoms with Crippen molar-refractivity contribution in [3.8, 4) is 32.6 Å². The summed E-state index contributed by atoms with van der Waals surface area (Å²) < 4.78 is 37.8. The number of nitrogens with zero attached hydrogens (tertiary/aromatic N) is 2. The maximum Gasteiger partial charge on any atom is 0.242 e. The van der Waals surface area contributed by atoms with Crippen LogP contribution in [-0.4, -0.2) is 40.3 Å². The molecule has 10 nitrogen and oxygen atoms in total. The highest BCUT2D eigenvalue weighted by atomic mass is 32.2. The standard InChI is InChI=1S/C43H30N4O6S3/c1-22-6-15-29-30(18-22)41(50)37-33(48)21-34(39(44)38(37)40(29)49)53-27-4-3-5-28(14-13-27)56(51,52)47-26-11-8-24(9-12-26)42-45-32-17-10-25(20-36(32)55-42)43-46-31-16-7-23(2)19-35(31)54-43/h3-21,28,47-48H,44H2,1-2H3. The second-order valence-electron chi connectivity index (χ2n) is 13.6. The van der Waals surface area contributed by atoms with Crippen LogP contribution in [0.5, 0.6) is 11.5 Å². The lowest BCUT2D eigenvalue weighted by atomic mass is 9.82. The zero-order valence-corrected chi connectivity index (χ0v) is 32.2. The molecule has 0 aliphatic heterocycles. The molecule has 0 bridgehead atoms. The number of aromatic nitrogens is 2. The van der Waals surface area contributed by atoms with Crippen molar-refractivity contribution in [1.29, 1.82) is 0 Å². The van der Waals surface area contributed by atoms with Gasteiger partial charge in [0.1, 0.15) is 26.8 Å². The largest absolute Gasteiger partial charge is 0.507 e. The second kappa shape index (κ2) is 13.4. The number of phenolic OH excluding ortho intramolecular Hbond substituents is 1. The maximum absolute atomic E-state index is 13.5. The van der Waals surface area contributed by atoms with E-state index in [1.807, 2.05) is 30.3 Å². The van der Waals surface area contributed by atoms with Gasteiger partial charge in [0, 0.05) is 34.0 Å². The number of thiazole rings is 2. The first-order valence-electron chi connectivity index (χ1n) is 17.4. The van der Waals surface area contributed by atoms with Gasteiger partial charge in [-0.2, -0.15) is 0 Å². The van der Waals surface area contributed by atoms with E-state index in [4.69, 9.17) is 20.4 Å². The third-order valence-corrected chi connectivity index (χ3v) is 13.3. The Morgan fingerprint density at radius 2 is 1.39 bits per heavy atom. The molecular formula is C43H30N4O6S3. The fourth-order valence-electron chi connectivity index (χ4n) is 6.74. The van der Waals surface area contributed by atoms with Crippen LogP contribution in [0.1, 0.15) is 43.0 Å². The second-order valence-corrected chi connectivity index (χ2v) is 17.5. The molecule has 0 amide bonds. The monoisotopic (exact) mass is 794 g/mol. The first-order chi connectivity index (χ1) is 26.9. The lowest BCUT2D eigenvalue weighted by molar-refractivity contribution is 0.0977. The number of carbonyl (C=O) groups is 2. The van der Waals surface area contributed by atoms with Gasteiger partial charge in [0.15, 0.2) is 17.3 Å². The van der Waals surface area contributed by atoms with Crippen molar-refractivity contribution in [3.63, 3.8) is 0 Å².